The topological polar surface area (TPSA) is 66.4 Å². The van der Waals surface area contributed by atoms with E-state index < -0.39 is 11.4 Å². The van der Waals surface area contributed by atoms with E-state index in [-0.39, 0.29) is 11.5 Å². The van der Waals surface area contributed by atoms with Crippen molar-refractivity contribution in [3.8, 4) is 0 Å². The summed E-state index contributed by atoms with van der Waals surface area (Å²) < 4.78 is 0. The number of carboxylic acids is 1. The lowest BCUT2D eigenvalue weighted by atomic mass is 9.89. The molecule has 0 fully saturated rings. The first kappa shape index (κ1) is 26.4. The first-order valence-corrected chi connectivity index (χ1v) is 10.4. The van der Waals surface area contributed by atoms with E-state index in [1.54, 1.807) is 12.1 Å². The maximum Gasteiger partial charge on any atom is 0.335 e. The van der Waals surface area contributed by atoms with E-state index in [0.717, 1.165) is 6.42 Å². The van der Waals surface area contributed by atoms with Crippen molar-refractivity contribution < 1.29 is 14.7 Å². The third-order valence-electron chi connectivity index (χ3n) is 4.87. The Bertz CT molecular complexity index is 721. The molecule has 0 bridgehead atoms. The summed E-state index contributed by atoms with van der Waals surface area (Å²) in [5.41, 5.74) is 1.84. The molecular formula is C25H37NO3. The number of rotatable bonds is 6. The van der Waals surface area contributed by atoms with Crippen molar-refractivity contribution in [1.29, 1.82) is 0 Å². The van der Waals surface area contributed by atoms with Gasteiger partial charge in [-0.05, 0) is 48.6 Å². The normalized spacial score (nSPS) is 11.1. The van der Waals surface area contributed by atoms with Crippen LogP contribution in [0.1, 0.15) is 83.1 Å². The summed E-state index contributed by atoms with van der Waals surface area (Å²) in [7, 11) is 0. The maximum absolute atomic E-state index is 11.9. The zero-order valence-corrected chi connectivity index (χ0v) is 19.0. The predicted molar refractivity (Wildman–Crippen MR) is 123 cm³/mol. The Morgan fingerprint density at radius 1 is 0.966 bits per heavy atom. The highest BCUT2D eigenvalue weighted by atomic mass is 16.4. The molecule has 1 amide bonds. The van der Waals surface area contributed by atoms with Gasteiger partial charge in [-0.1, -0.05) is 78.8 Å². The molecule has 2 aromatic rings. The molecule has 29 heavy (non-hydrogen) atoms. The van der Waals surface area contributed by atoms with Crippen LogP contribution in [0.4, 0.5) is 5.69 Å². The highest BCUT2D eigenvalue weighted by Gasteiger charge is 2.25. The van der Waals surface area contributed by atoms with Crippen molar-refractivity contribution in [3.63, 3.8) is 0 Å². The quantitative estimate of drug-likeness (QED) is 0.550. The van der Waals surface area contributed by atoms with Gasteiger partial charge >= 0.3 is 5.97 Å². The van der Waals surface area contributed by atoms with Crippen LogP contribution in [0.2, 0.25) is 0 Å². The fraction of sp³-hybridized carbons (Fsp3) is 0.440. The summed E-state index contributed by atoms with van der Waals surface area (Å²) in [4.78, 5) is 22.5. The molecule has 0 heterocycles. The zero-order valence-electron chi connectivity index (χ0n) is 19.0. The van der Waals surface area contributed by atoms with E-state index in [1.807, 2.05) is 34.6 Å². The molecule has 0 aliphatic rings. The molecule has 0 saturated carbocycles. The Morgan fingerprint density at radius 3 is 1.90 bits per heavy atom. The highest BCUT2D eigenvalue weighted by molar-refractivity contribution is 5.95. The molecule has 1 atom stereocenters. The van der Waals surface area contributed by atoms with Gasteiger partial charge in [0.1, 0.15) is 0 Å². The SMILES string of the molecule is CC.CCC(C)(C)C(=O)Nc1ccc(C(=O)O)cc1.CCC(C)c1ccccc1. The van der Waals surface area contributed by atoms with Gasteiger partial charge in [-0.3, -0.25) is 4.79 Å². The number of aromatic carboxylic acids is 1. The van der Waals surface area contributed by atoms with E-state index >= 15 is 0 Å². The number of benzene rings is 2. The van der Waals surface area contributed by atoms with E-state index in [0.29, 0.717) is 11.6 Å². The second kappa shape index (κ2) is 13.5. The van der Waals surface area contributed by atoms with Crippen molar-refractivity contribution >= 4 is 17.6 Å². The van der Waals surface area contributed by atoms with Crippen molar-refractivity contribution in [3.05, 3.63) is 65.7 Å². The Morgan fingerprint density at radius 2 is 1.48 bits per heavy atom. The van der Waals surface area contributed by atoms with Gasteiger partial charge in [-0.2, -0.15) is 0 Å². The van der Waals surface area contributed by atoms with Crippen molar-refractivity contribution in [1.82, 2.24) is 0 Å². The smallest absolute Gasteiger partial charge is 0.335 e. The average molecular weight is 400 g/mol. The second-order valence-electron chi connectivity index (χ2n) is 7.29. The lowest BCUT2D eigenvalue weighted by Crippen LogP contribution is -2.29. The first-order chi connectivity index (χ1) is 13.7. The van der Waals surface area contributed by atoms with Crippen molar-refractivity contribution in [2.45, 2.75) is 67.2 Å². The van der Waals surface area contributed by atoms with Crippen LogP contribution in [-0.4, -0.2) is 17.0 Å². The molecule has 2 aromatic carbocycles. The Kier molecular flexibility index (Phi) is 12.3. The van der Waals surface area contributed by atoms with Gasteiger partial charge in [0.25, 0.3) is 0 Å². The molecule has 0 aromatic heterocycles. The summed E-state index contributed by atoms with van der Waals surface area (Å²) in [5.74, 6) is -0.332. The Labute approximate surface area is 176 Å². The van der Waals surface area contributed by atoms with Crippen LogP contribution in [0.25, 0.3) is 0 Å². The standard InChI is InChI=1S/C13H17NO3.C10H14.C2H6/c1-4-13(2,3)12(17)14-10-7-5-9(6-8-10)11(15)16;1-3-9(2)10-7-5-4-6-8-10;1-2/h5-8H,4H2,1-3H3,(H,14,17)(H,15,16);4-9H,3H2,1-2H3;1-2H3. The van der Waals surface area contributed by atoms with Crippen LogP contribution >= 0.6 is 0 Å². The van der Waals surface area contributed by atoms with Crippen LogP contribution in [-0.2, 0) is 4.79 Å². The van der Waals surface area contributed by atoms with Gasteiger partial charge in [0.05, 0.1) is 5.56 Å². The third-order valence-corrected chi connectivity index (χ3v) is 4.87. The minimum atomic E-state index is -0.975. The van der Waals surface area contributed by atoms with Crippen LogP contribution in [0.3, 0.4) is 0 Å². The summed E-state index contributed by atoms with van der Waals surface area (Å²) in [6.07, 6.45) is 1.97. The lowest BCUT2D eigenvalue weighted by molar-refractivity contribution is -0.124. The van der Waals surface area contributed by atoms with E-state index in [9.17, 15) is 9.59 Å². The van der Waals surface area contributed by atoms with E-state index in [1.165, 1.54) is 24.1 Å². The van der Waals surface area contributed by atoms with Crippen molar-refractivity contribution in [2.24, 2.45) is 5.41 Å². The number of anilines is 1. The largest absolute Gasteiger partial charge is 0.478 e. The summed E-state index contributed by atoms with van der Waals surface area (Å²) in [5, 5.41) is 11.5. The molecule has 0 aliphatic carbocycles. The third kappa shape index (κ3) is 9.42. The average Bonchev–Trinajstić information content (AvgIpc) is 2.76. The number of carbonyl (C=O) groups excluding carboxylic acids is 1. The maximum atomic E-state index is 11.9. The molecule has 0 spiro atoms. The summed E-state index contributed by atoms with van der Waals surface area (Å²) in [6.45, 7) is 14.2. The van der Waals surface area contributed by atoms with Crippen LogP contribution in [0.15, 0.2) is 54.6 Å². The molecule has 2 rings (SSSR count). The number of hydrogen-bond acceptors (Lipinski definition) is 2. The van der Waals surface area contributed by atoms with E-state index in [2.05, 4.69) is 49.5 Å². The number of carbonyl (C=O) groups is 2. The molecule has 4 heteroatoms. The first-order valence-electron chi connectivity index (χ1n) is 10.4. The summed E-state index contributed by atoms with van der Waals surface area (Å²) in [6, 6.07) is 16.8. The highest BCUT2D eigenvalue weighted by Crippen LogP contribution is 2.22. The van der Waals surface area contributed by atoms with Crippen molar-refractivity contribution in [2.75, 3.05) is 5.32 Å². The molecule has 0 radical (unpaired) electrons. The second-order valence-corrected chi connectivity index (χ2v) is 7.29. The lowest BCUT2D eigenvalue weighted by Gasteiger charge is -2.21. The van der Waals surface area contributed by atoms with Crippen LogP contribution in [0.5, 0.6) is 0 Å². The number of hydrogen-bond donors (Lipinski definition) is 2. The van der Waals surface area contributed by atoms with Crippen LogP contribution < -0.4 is 5.32 Å². The Balaban J connectivity index is 0.000000554. The monoisotopic (exact) mass is 399 g/mol. The molecule has 160 valence electrons. The predicted octanol–water partition coefficient (Wildman–Crippen LogP) is 6.99. The molecular weight excluding hydrogens is 362 g/mol. The number of nitrogens with one attached hydrogen (secondary N) is 1. The van der Waals surface area contributed by atoms with Crippen LogP contribution in [0, 0.1) is 5.41 Å². The van der Waals surface area contributed by atoms with Gasteiger partial charge < -0.3 is 10.4 Å². The molecule has 2 N–H and O–H groups in total. The van der Waals surface area contributed by atoms with E-state index in [4.69, 9.17) is 5.11 Å². The molecule has 4 nitrogen and oxygen atoms in total. The fourth-order valence-electron chi connectivity index (χ4n) is 2.17. The molecule has 0 aliphatic heterocycles. The fourth-order valence-corrected chi connectivity index (χ4v) is 2.17. The minimum Gasteiger partial charge on any atom is -0.478 e. The van der Waals surface area contributed by atoms with Gasteiger partial charge in [0, 0.05) is 11.1 Å². The minimum absolute atomic E-state index is 0.0666. The van der Waals surface area contributed by atoms with Gasteiger partial charge in [-0.25, -0.2) is 4.79 Å². The van der Waals surface area contributed by atoms with Gasteiger partial charge in [0.15, 0.2) is 0 Å². The molecule has 1 unspecified atom stereocenters. The van der Waals surface area contributed by atoms with Gasteiger partial charge in [-0.15, -0.1) is 0 Å². The molecule has 0 saturated heterocycles. The van der Waals surface area contributed by atoms with Gasteiger partial charge in [0.2, 0.25) is 5.91 Å². The number of amides is 1. The summed E-state index contributed by atoms with van der Waals surface area (Å²) >= 11 is 0. The number of carboxylic acid groups (broad SMARTS) is 1. The zero-order chi connectivity index (χ0) is 22.4. The Hall–Kier alpha value is -2.62.